The van der Waals surface area contributed by atoms with Crippen LogP contribution in [0.25, 0.3) is 5.70 Å². The lowest BCUT2D eigenvalue weighted by molar-refractivity contribution is -0.136. The number of carbonyl (C=O) groups is 2. The Kier molecular flexibility index (Phi) is 4.62. The van der Waals surface area contributed by atoms with Gasteiger partial charge in [0.15, 0.2) is 5.78 Å². The van der Waals surface area contributed by atoms with Crippen LogP contribution in [0, 0.1) is 0 Å². The summed E-state index contributed by atoms with van der Waals surface area (Å²) in [4.78, 5) is 26.1. The molecule has 0 spiro atoms. The molecule has 148 valence electrons. The molecule has 0 aromatic heterocycles. The Balaban J connectivity index is 1.98. The Labute approximate surface area is 168 Å². The van der Waals surface area contributed by atoms with Gasteiger partial charge >= 0.3 is 5.97 Å². The molecule has 0 amide bonds. The van der Waals surface area contributed by atoms with Crippen LogP contribution in [-0.4, -0.2) is 33.1 Å². The molecule has 1 atom stereocenters. The van der Waals surface area contributed by atoms with Crippen molar-refractivity contribution in [3.63, 3.8) is 0 Å². The first-order valence-corrected chi connectivity index (χ1v) is 9.18. The van der Waals surface area contributed by atoms with Crippen LogP contribution >= 0.6 is 0 Å². The van der Waals surface area contributed by atoms with Crippen LogP contribution in [-0.2, 0) is 9.53 Å². The Morgan fingerprint density at radius 3 is 2.38 bits per heavy atom. The zero-order valence-electron chi connectivity index (χ0n) is 16.7. The van der Waals surface area contributed by atoms with E-state index in [0.29, 0.717) is 39.5 Å². The van der Waals surface area contributed by atoms with Gasteiger partial charge in [-0.25, -0.2) is 4.79 Å². The minimum atomic E-state index is -0.626. The minimum Gasteiger partial charge on any atom is -0.497 e. The molecule has 1 unspecified atom stereocenters. The maximum atomic E-state index is 13.4. The van der Waals surface area contributed by atoms with Gasteiger partial charge in [0, 0.05) is 34.0 Å². The van der Waals surface area contributed by atoms with Gasteiger partial charge in [0.05, 0.1) is 38.5 Å². The first kappa shape index (κ1) is 18.8. The van der Waals surface area contributed by atoms with Gasteiger partial charge in [0.1, 0.15) is 11.5 Å². The Hall–Kier alpha value is -3.54. The quantitative estimate of drug-likeness (QED) is 0.805. The summed E-state index contributed by atoms with van der Waals surface area (Å²) < 4.78 is 15.9. The van der Waals surface area contributed by atoms with Gasteiger partial charge in [-0.3, -0.25) is 4.79 Å². The first-order valence-electron chi connectivity index (χ1n) is 9.18. The molecular formula is C23H21NO5. The number of hydrogen-bond donors (Lipinski definition) is 1. The first-order chi connectivity index (χ1) is 14.0. The monoisotopic (exact) mass is 391 g/mol. The highest BCUT2D eigenvalue weighted by molar-refractivity contribution is 6.23. The third-order valence-corrected chi connectivity index (χ3v) is 5.41. The largest absolute Gasteiger partial charge is 0.497 e. The summed E-state index contributed by atoms with van der Waals surface area (Å²) in [6.45, 7) is 1.81. The standard InChI is InChI=1S/C23H21NO5/c1-12-18(23(26)29-4)19(16-10-9-13(27-2)11-17(16)28-3)20-21(24-12)14-7-5-6-8-15(14)22(20)25/h5-11,19,24H,1-4H3. The fraction of sp³-hybridized carbons (Fsp3) is 0.217. The van der Waals surface area contributed by atoms with Crippen molar-refractivity contribution in [2.45, 2.75) is 12.8 Å². The SMILES string of the molecule is COC(=O)C1=C(C)NC2=C(C(=O)c3ccccc32)C1c1ccc(OC)cc1OC. The second kappa shape index (κ2) is 7.13. The number of rotatable bonds is 4. The number of benzene rings is 2. The number of nitrogens with one attached hydrogen (secondary N) is 1. The number of methoxy groups -OCH3 is 3. The van der Waals surface area contributed by atoms with Gasteiger partial charge in [-0.1, -0.05) is 30.3 Å². The molecule has 29 heavy (non-hydrogen) atoms. The van der Waals surface area contributed by atoms with E-state index in [2.05, 4.69) is 5.32 Å². The van der Waals surface area contributed by atoms with Gasteiger partial charge in [0.2, 0.25) is 0 Å². The summed E-state index contributed by atoms with van der Waals surface area (Å²) in [5, 5.41) is 3.26. The third kappa shape index (κ3) is 2.79. The molecule has 0 saturated heterocycles. The van der Waals surface area contributed by atoms with Crippen molar-refractivity contribution in [2.24, 2.45) is 0 Å². The van der Waals surface area contributed by atoms with Crippen LogP contribution in [0.3, 0.4) is 0 Å². The average Bonchev–Trinajstić information content (AvgIpc) is 3.03. The summed E-state index contributed by atoms with van der Waals surface area (Å²) in [6.07, 6.45) is 0. The smallest absolute Gasteiger partial charge is 0.336 e. The molecule has 1 aliphatic carbocycles. The van der Waals surface area contributed by atoms with Gasteiger partial charge in [-0.2, -0.15) is 0 Å². The van der Waals surface area contributed by atoms with Crippen molar-refractivity contribution < 1.29 is 23.8 Å². The second-order valence-electron chi connectivity index (χ2n) is 6.86. The summed E-state index contributed by atoms with van der Waals surface area (Å²) >= 11 is 0. The van der Waals surface area contributed by atoms with Crippen molar-refractivity contribution in [1.82, 2.24) is 5.32 Å². The van der Waals surface area contributed by atoms with Crippen molar-refractivity contribution in [3.8, 4) is 11.5 Å². The third-order valence-electron chi connectivity index (χ3n) is 5.41. The summed E-state index contributed by atoms with van der Waals surface area (Å²) in [5.74, 6) is -0.0799. The second-order valence-corrected chi connectivity index (χ2v) is 6.86. The summed E-state index contributed by atoms with van der Waals surface area (Å²) in [7, 11) is 4.45. The van der Waals surface area contributed by atoms with Crippen LogP contribution in [0.5, 0.6) is 11.5 Å². The van der Waals surface area contributed by atoms with Gasteiger partial charge in [-0.05, 0) is 13.0 Å². The van der Waals surface area contributed by atoms with Crippen molar-refractivity contribution in [3.05, 3.63) is 76.0 Å². The molecule has 6 nitrogen and oxygen atoms in total. The number of dihydropyridines is 1. The lowest BCUT2D eigenvalue weighted by atomic mass is 9.79. The van der Waals surface area contributed by atoms with Gasteiger partial charge < -0.3 is 19.5 Å². The normalized spacial score (nSPS) is 17.5. The molecule has 1 N–H and O–H groups in total. The van der Waals surface area contributed by atoms with Crippen LogP contribution in [0.1, 0.15) is 34.3 Å². The summed E-state index contributed by atoms with van der Waals surface area (Å²) in [6, 6.07) is 12.8. The lowest BCUT2D eigenvalue weighted by Crippen LogP contribution is -2.29. The molecule has 0 bridgehead atoms. The Morgan fingerprint density at radius 1 is 1.00 bits per heavy atom. The molecule has 1 aliphatic heterocycles. The zero-order valence-corrected chi connectivity index (χ0v) is 16.7. The van der Waals surface area contributed by atoms with Crippen LogP contribution in [0.4, 0.5) is 0 Å². The highest BCUT2D eigenvalue weighted by Gasteiger charge is 2.43. The molecule has 4 rings (SSSR count). The molecule has 1 heterocycles. The van der Waals surface area contributed by atoms with E-state index in [1.165, 1.54) is 7.11 Å². The fourth-order valence-electron chi connectivity index (χ4n) is 4.08. The van der Waals surface area contributed by atoms with E-state index in [9.17, 15) is 9.59 Å². The topological polar surface area (TPSA) is 73.9 Å². The number of carbonyl (C=O) groups excluding carboxylic acids is 2. The maximum absolute atomic E-state index is 13.4. The van der Waals surface area contributed by atoms with E-state index >= 15 is 0 Å². The molecule has 0 saturated carbocycles. The van der Waals surface area contributed by atoms with Crippen molar-refractivity contribution in [2.75, 3.05) is 21.3 Å². The molecule has 2 aromatic carbocycles. The van der Waals surface area contributed by atoms with E-state index in [0.717, 1.165) is 11.3 Å². The van der Waals surface area contributed by atoms with Crippen LogP contribution in [0.2, 0.25) is 0 Å². The van der Waals surface area contributed by atoms with E-state index in [1.807, 2.05) is 31.2 Å². The van der Waals surface area contributed by atoms with E-state index in [-0.39, 0.29) is 5.78 Å². The average molecular weight is 391 g/mol. The predicted octanol–water partition coefficient (Wildman–Crippen LogP) is 3.45. The lowest BCUT2D eigenvalue weighted by Gasteiger charge is -2.30. The molecule has 2 aliphatic rings. The van der Waals surface area contributed by atoms with E-state index in [1.54, 1.807) is 32.4 Å². The number of allylic oxidation sites excluding steroid dienone is 2. The maximum Gasteiger partial charge on any atom is 0.336 e. The fourth-order valence-corrected chi connectivity index (χ4v) is 4.08. The number of hydrogen-bond acceptors (Lipinski definition) is 6. The molecule has 2 aromatic rings. The predicted molar refractivity (Wildman–Crippen MR) is 108 cm³/mol. The molecule has 0 fully saturated rings. The zero-order chi connectivity index (χ0) is 20.7. The van der Waals surface area contributed by atoms with E-state index < -0.39 is 11.9 Å². The molecule has 0 radical (unpaired) electrons. The number of Topliss-reactive ketones (excluding diaryl/α,β-unsaturated/α-hetero) is 1. The number of fused-ring (bicyclic) bond motifs is 2. The Morgan fingerprint density at radius 2 is 1.72 bits per heavy atom. The minimum absolute atomic E-state index is 0.111. The van der Waals surface area contributed by atoms with E-state index in [4.69, 9.17) is 14.2 Å². The van der Waals surface area contributed by atoms with Crippen LogP contribution in [0.15, 0.2) is 59.3 Å². The number of ether oxygens (including phenoxy) is 3. The molecule has 6 heteroatoms. The highest BCUT2D eigenvalue weighted by Crippen LogP contribution is 2.49. The van der Waals surface area contributed by atoms with Crippen molar-refractivity contribution >= 4 is 17.4 Å². The number of esters is 1. The van der Waals surface area contributed by atoms with Gasteiger partial charge in [0.25, 0.3) is 0 Å². The van der Waals surface area contributed by atoms with Crippen molar-refractivity contribution in [1.29, 1.82) is 0 Å². The molecular weight excluding hydrogens is 370 g/mol. The Bertz CT molecular complexity index is 1100. The van der Waals surface area contributed by atoms with Crippen LogP contribution < -0.4 is 14.8 Å². The summed E-state index contributed by atoms with van der Waals surface area (Å²) in [5.41, 5.74) is 4.40. The highest BCUT2D eigenvalue weighted by atomic mass is 16.5. The van der Waals surface area contributed by atoms with Gasteiger partial charge in [-0.15, -0.1) is 0 Å². The number of ketones is 1.